The highest BCUT2D eigenvalue weighted by Gasteiger charge is 2.14. The average Bonchev–Trinajstić information content (AvgIpc) is 2.14. The van der Waals surface area contributed by atoms with E-state index in [0.29, 0.717) is 0 Å². The number of nitro benzene ring substituents is 1. The van der Waals surface area contributed by atoms with E-state index in [0.717, 1.165) is 12.1 Å². The van der Waals surface area contributed by atoms with Crippen LogP contribution in [0.3, 0.4) is 0 Å². The summed E-state index contributed by atoms with van der Waals surface area (Å²) in [5, 5.41) is 19.2. The largest absolute Gasteiger partial charge is 0.491 e. The average molecular weight is 215 g/mol. The molecule has 0 aliphatic heterocycles. The van der Waals surface area contributed by atoms with Crippen molar-refractivity contribution in [2.75, 3.05) is 6.61 Å². The van der Waals surface area contributed by atoms with Crippen LogP contribution in [-0.2, 0) is 0 Å². The molecule has 1 N–H and O–H groups in total. The normalized spacial score (nSPS) is 12.2. The van der Waals surface area contributed by atoms with E-state index in [-0.39, 0.29) is 12.4 Å². The van der Waals surface area contributed by atoms with Gasteiger partial charge in [-0.1, -0.05) is 0 Å². The van der Waals surface area contributed by atoms with Gasteiger partial charge in [0.15, 0.2) is 0 Å². The molecule has 0 aliphatic rings. The molecule has 6 heteroatoms. The van der Waals surface area contributed by atoms with Crippen molar-refractivity contribution in [3.8, 4) is 5.75 Å². The highest BCUT2D eigenvalue weighted by Crippen LogP contribution is 2.22. The van der Waals surface area contributed by atoms with Crippen LogP contribution in [0.5, 0.6) is 5.75 Å². The summed E-state index contributed by atoms with van der Waals surface area (Å²) < 4.78 is 18.0. The highest BCUT2D eigenvalue weighted by molar-refractivity contribution is 5.37. The van der Waals surface area contributed by atoms with Crippen LogP contribution < -0.4 is 4.74 Å². The lowest BCUT2D eigenvalue weighted by molar-refractivity contribution is -0.387. The molecule has 1 rings (SSSR count). The third kappa shape index (κ3) is 3.17. The molecular weight excluding hydrogens is 205 g/mol. The SMILES string of the molecule is C[C@H](O)COc1ccc([N+](=O)[O-])c(F)c1. The van der Waals surface area contributed by atoms with Gasteiger partial charge in [0, 0.05) is 12.1 Å². The van der Waals surface area contributed by atoms with Crippen LogP contribution in [0.25, 0.3) is 0 Å². The number of benzene rings is 1. The maximum absolute atomic E-state index is 13.0. The summed E-state index contributed by atoms with van der Waals surface area (Å²) in [6, 6.07) is 3.22. The fourth-order valence-corrected chi connectivity index (χ4v) is 0.942. The summed E-state index contributed by atoms with van der Waals surface area (Å²) in [6.07, 6.45) is -0.678. The van der Waals surface area contributed by atoms with Crippen molar-refractivity contribution >= 4 is 5.69 Å². The van der Waals surface area contributed by atoms with Crippen molar-refractivity contribution in [2.45, 2.75) is 13.0 Å². The number of nitrogens with zero attached hydrogens (tertiary/aromatic N) is 1. The van der Waals surface area contributed by atoms with Crippen molar-refractivity contribution in [1.29, 1.82) is 0 Å². The van der Waals surface area contributed by atoms with Gasteiger partial charge in [0.2, 0.25) is 5.82 Å². The van der Waals surface area contributed by atoms with Gasteiger partial charge in [-0.25, -0.2) is 0 Å². The van der Waals surface area contributed by atoms with Crippen molar-refractivity contribution in [2.24, 2.45) is 0 Å². The number of hydrogen-bond donors (Lipinski definition) is 1. The molecule has 5 nitrogen and oxygen atoms in total. The van der Waals surface area contributed by atoms with Gasteiger partial charge in [0.25, 0.3) is 0 Å². The second-order valence-corrected chi connectivity index (χ2v) is 3.03. The lowest BCUT2D eigenvalue weighted by atomic mass is 10.3. The minimum Gasteiger partial charge on any atom is -0.491 e. The molecule has 1 aromatic carbocycles. The molecular formula is C9H10FNO4. The quantitative estimate of drug-likeness (QED) is 0.610. The van der Waals surface area contributed by atoms with E-state index in [9.17, 15) is 14.5 Å². The highest BCUT2D eigenvalue weighted by atomic mass is 19.1. The van der Waals surface area contributed by atoms with Crippen molar-refractivity contribution in [3.63, 3.8) is 0 Å². The molecule has 0 aliphatic carbocycles. The standard InChI is InChI=1S/C9H10FNO4/c1-6(12)5-15-7-2-3-9(11(13)14)8(10)4-7/h2-4,6,12H,5H2,1H3/t6-/m0/s1. The Kier molecular flexibility index (Phi) is 3.56. The van der Waals surface area contributed by atoms with E-state index in [1.165, 1.54) is 13.0 Å². The number of nitro groups is 1. The van der Waals surface area contributed by atoms with Gasteiger partial charge in [-0.3, -0.25) is 10.1 Å². The molecule has 0 bridgehead atoms. The Balaban J connectivity index is 2.78. The topological polar surface area (TPSA) is 72.6 Å². The van der Waals surface area contributed by atoms with Gasteiger partial charge in [-0.05, 0) is 13.0 Å². The fraction of sp³-hybridized carbons (Fsp3) is 0.333. The van der Waals surface area contributed by atoms with Crippen molar-refractivity contribution in [1.82, 2.24) is 0 Å². The Morgan fingerprint density at radius 3 is 2.80 bits per heavy atom. The monoisotopic (exact) mass is 215 g/mol. The molecule has 1 atom stereocenters. The molecule has 0 amide bonds. The zero-order valence-electron chi connectivity index (χ0n) is 8.01. The van der Waals surface area contributed by atoms with Gasteiger partial charge in [-0.15, -0.1) is 0 Å². The third-order valence-corrected chi connectivity index (χ3v) is 1.61. The number of aliphatic hydroxyl groups excluding tert-OH is 1. The first-order valence-electron chi connectivity index (χ1n) is 4.25. The smallest absolute Gasteiger partial charge is 0.305 e. The van der Waals surface area contributed by atoms with Crippen molar-refractivity contribution < 1.29 is 19.2 Å². The van der Waals surface area contributed by atoms with E-state index in [1.54, 1.807) is 0 Å². The molecule has 15 heavy (non-hydrogen) atoms. The van der Waals surface area contributed by atoms with Gasteiger partial charge in [0.1, 0.15) is 12.4 Å². The first-order valence-corrected chi connectivity index (χ1v) is 4.25. The number of halogens is 1. The van der Waals surface area contributed by atoms with E-state index in [2.05, 4.69) is 0 Å². The molecule has 82 valence electrons. The van der Waals surface area contributed by atoms with Gasteiger partial charge < -0.3 is 9.84 Å². The third-order valence-electron chi connectivity index (χ3n) is 1.61. The lowest BCUT2D eigenvalue weighted by Crippen LogP contribution is -2.12. The number of aliphatic hydroxyl groups is 1. The summed E-state index contributed by atoms with van der Waals surface area (Å²) in [7, 11) is 0. The van der Waals surface area contributed by atoms with E-state index >= 15 is 0 Å². The first-order chi connectivity index (χ1) is 7.00. The van der Waals surface area contributed by atoms with Crippen LogP contribution in [0, 0.1) is 15.9 Å². The zero-order valence-corrected chi connectivity index (χ0v) is 8.01. The Labute approximate surface area is 85.3 Å². The van der Waals surface area contributed by atoms with Gasteiger partial charge >= 0.3 is 5.69 Å². The Bertz CT molecular complexity index is 367. The summed E-state index contributed by atoms with van der Waals surface area (Å²) in [4.78, 5) is 9.47. The lowest BCUT2D eigenvalue weighted by Gasteiger charge is -2.07. The van der Waals surface area contributed by atoms with Crippen LogP contribution in [0.15, 0.2) is 18.2 Å². The van der Waals surface area contributed by atoms with Crippen LogP contribution in [0.4, 0.5) is 10.1 Å². The maximum Gasteiger partial charge on any atom is 0.305 e. The van der Waals surface area contributed by atoms with Gasteiger partial charge in [0.05, 0.1) is 11.0 Å². The Hall–Kier alpha value is -1.69. The molecule has 0 unspecified atom stereocenters. The second kappa shape index (κ2) is 4.70. The second-order valence-electron chi connectivity index (χ2n) is 3.03. The van der Waals surface area contributed by atoms with Gasteiger partial charge in [-0.2, -0.15) is 4.39 Å². The van der Waals surface area contributed by atoms with E-state index in [4.69, 9.17) is 9.84 Å². The van der Waals surface area contributed by atoms with Crippen LogP contribution in [0.2, 0.25) is 0 Å². The summed E-state index contributed by atoms with van der Waals surface area (Å²) in [6.45, 7) is 1.53. The molecule has 1 aromatic rings. The molecule has 0 aromatic heterocycles. The van der Waals surface area contributed by atoms with Crippen LogP contribution >= 0.6 is 0 Å². The zero-order chi connectivity index (χ0) is 11.4. The molecule has 0 radical (unpaired) electrons. The molecule has 0 spiro atoms. The molecule has 0 fully saturated rings. The Morgan fingerprint density at radius 1 is 1.67 bits per heavy atom. The first kappa shape index (κ1) is 11.4. The predicted octanol–water partition coefficient (Wildman–Crippen LogP) is 1.49. The van der Waals surface area contributed by atoms with E-state index in [1.807, 2.05) is 0 Å². The predicted molar refractivity (Wildman–Crippen MR) is 50.2 cm³/mol. The minimum atomic E-state index is -0.955. The summed E-state index contributed by atoms with van der Waals surface area (Å²) in [5.74, 6) is -0.804. The number of hydrogen-bond acceptors (Lipinski definition) is 4. The molecule has 0 heterocycles. The molecule has 0 saturated heterocycles. The number of ether oxygens (including phenoxy) is 1. The fourth-order valence-electron chi connectivity index (χ4n) is 0.942. The summed E-state index contributed by atoms with van der Waals surface area (Å²) >= 11 is 0. The maximum atomic E-state index is 13.0. The van der Waals surface area contributed by atoms with Crippen LogP contribution in [0.1, 0.15) is 6.92 Å². The van der Waals surface area contributed by atoms with Crippen LogP contribution in [-0.4, -0.2) is 22.7 Å². The minimum absolute atomic E-state index is 0.0112. The Morgan fingerprint density at radius 2 is 2.33 bits per heavy atom. The van der Waals surface area contributed by atoms with E-state index < -0.39 is 22.5 Å². The molecule has 0 saturated carbocycles. The summed E-state index contributed by atoms with van der Waals surface area (Å²) in [5.41, 5.74) is -0.598. The van der Waals surface area contributed by atoms with Crippen molar-refractivity contribution in [3.05, 3.63) is 34.1 Å². The number of rotatable bonds is 4.